The number of aromatic nitrogens is 4. The van der Waals surface area contributed by atoms with Crippen LogP contribution >= 0.6 is 0 Å². The van der Waals surface area contributed by atoms with E-state index in [-0.39, 0.29) is 30.3 Å². The van der Waals surface area contributed by atoms with Crippen LogP contribution in [0.5, 0.6) is 0 Å². The van der Waals surface area contributed by atoms with Crippen molar-refractivity contribution in [2.24, 2.45) is 20.5 Å². The van der Waals surface area contributed by atoms with Crippen LogP contribution in [0.1, 0.15) is 94.2 Å². The van der Waals surface area contributed by atoms with Crippen molar-refractivity contribution >= 4 is 104 Å². The fourth-order valence-corrected chi connectivity index (χ4v) is 8.11. The first-order valence-corrected chi connectivity index (χ1v) is 28.1. The molecule has 25 nitrogen and oxygen atoms in total. The number of nitrogen functional groups attached to an aromatic ring is 3. The van der Waals surface area contributed by atoms with Gasteiger partial charge in [0.1, 0.15) is 57.5 Å². The van der Waals surface area contributed by atoms with E-state index in [0.717, 1.165) is 11.1 Å². The molecule has 25 heteroatoms. The Morgan fingerprint density at radius 2 is 0.865 bits per heavy atom. The van der Waals surface area contributed by atoms with Crippen molar-refractivity contribution in [3.8, 4) is 0 Å². The molecule has 0 radical (unpaired) electrons. The summed E-state index contributed by atoms with van der Waals surface area (Å²) in [5, 5.41) is 35.0. The van der Waals surface area contributed by atoms with E-state index in [4.69, 9.17) is 36.1 Å². The minimum Gasteiger partial charge on any atom is -0.480 e. The smallest absolute Gasteiger partial charge is 0.419 e. The Kier molecular flexibility index (Phi) is 22.0. The number of azo groups is 2. The third-order valence-corrected chi connectivity index (χ3v) is 11.8. The number of para-hydroxylation sites is 2. The van der Waals surface area contributed by atoms with Gasteiger partial charge in [-0.2, -0.15) is 10.2 Å². The molecule has 468 valence electrons. The van der Waals surface area contributed by atoms with Gasteiger partial charge >= 0.3 is 30.3 Å². The fraction of sp³-hybridized carbons (Fsp3) is 0.312. The Morgan fingerprint density at radius 3 is 1.27 bits per heavy atom. The zero-order valence-electron chi connectivity index (χ0n) is 51.8. The van der Waals surface area contributed by atoms with E-state index in [1.54, 1.807) is 162 Å². The molecule has 3 amide bonds. The molecule has 4 aromatic carbocycles. The molecule has 4 heterocycles. The number of hydrogen-bond acceptors (Lipinski definition) is 19. The number of carboxylic acids is 1. The van der Waals surface area contributed by atoms with E-state index in [1.165, 1.54) is 15.2 Å². The van der Waals surface area contributed by atoms with Gasteiger partial charge in [0.05, 0.1) is 22.4 Å². The second-order valence-corrected chi connectivity index (χ2v) is 24.0. The molecule has 0 bridgehead atoms. The van der Waals surface area contributed by atoms with Gasteiger partial charge in [0.25, 0.3) is 0 Å². The first-order chi connectivity index (χ1) is 41.7. The maximum atomic E-state index is 13.6. The predicted octanol–water partition coefficient (Wildman–Crippen LogP) is 13.5. The minimum absolute atomic E-state index is 0.0229. The van der Waals surface area contributed by atoms with Crippen molar-refractivity contribution in [2.45, 2.75) is 130 Å². The number of nitrogens with two attached hydrogens (primary N) is 3. The molecule has 4 aromatic heterocycles. The number of hydrogen-bond donors (Lipinski definition) is 7. The summed E-state index contributed by atoms with van der Waals surface area (Å²) in [6.07, 6.45) is 0.436. The molecular formula is C64H76N14O11. The predicted molar refractivity (Wildman–Crippen MR) is 340 cm³/mol. The normalized spacial score (nSPS) is 12.4. The molecule has 89 heavy (non-hydrogen) atoms. The first kappa shape index (κ1) is 67.4. The number of amides is 3. The summed E-state index contributed by atoms with van der Waals surface area (Å²) >= 11 is 0. The van der Waals surface area contributed by atoms with E-state index in [9.17, 15) is 33.9 Å². The molecule has 0 fully saturated rings. The van der Waals surface area contributed by atoms with E-state index < -0.39 is 70.7 Å². The van der Waals surface area contributed by atoms with Crippen LogP contribution in [0.4, 0.5) is 65.2 Å². The lowest BCUT2D eigenvalue weighted by atomic mass is 10.0. The average molecular weight is 1220 g/mol. The molecule has 2 atom stereocenters. The van der Waals surface area contributed by atoms with Crippen LogP contribution in [-0.2, 0) is 41.4 Å². The monoisotopic (exact) mass is 1220 g/mol. The number of ether oxygens (including phenoxy) is 4. The Morgan fingerprint density at radius 1 is 0.483 bits per heavy atom. The van der Waals surface area contributed by atoms with Crippen molar-refractivity contribution in [1.29, 1.82) is 0 Å². The molecular weight excluding hydrogens is 1140 g/mol. The van der Waals surface area contributed by atoms with Crippen LogP contribution < -0.4 is 33.2 Å². The summed E-state index contributed by atoms with van der Waals surface area (Å²) in [4.78, 5) is 83.8. The summed E-state index contributed by atoms with van der Waals surface area (Å²) in [7, 11) is 0. The number of carboxylic acid groups (broad SMARTS) is 1. The molecule has 0 aliphatic carbocycles. The molecule has 8 aromatic rings. The quantitative estimate of drug-likeness (QED) is 0.0416. The second kappa shape index (κ2) is 29.1. The van der Waals surface area contributed by atoms with E-state index in [2.05, 4.69) is 46.4 Å². The van der Waals surface area contributed by atoms with Crippen molar-refractivity contribution in [3.05, 3.63) is 157 Å². The van der Waals surface area contributed by atoms with Gasteiger partial charge in [-0.1, -0.05) is 72.8 Å². The Labute approximate surface area is 515 Å². The van der Waals surface area contributed by atoms with Crippen molar-refractivity contribution in [2.75, 3.05) is 22.5 Å². The molecule has 0 spiro atoms. The van der Waals surface area contributed by atoms with Crippen LogP contribution in [0.25, 0.3) is 21.8 Å². The van der Waals surface area contributed by atoms with E-state index in [1.807, 2.05) is 60.7 Å². The summed E-state index contributed by atoms with van der Waals surface area (Å²) in [5.74, 6) is -0.922. The number of carbonyl (C=O) groups is 6. The first-order valence-electron chi connectivity index (χ1n) is 28.1. The van der Waals surface area contributed by atoms with Crippen LogP contribution in [0.3, 0.4) is 0 Å². The zero-order chi connectivity index (χ0) is 65.4. The van der Waals surface area contributed by atoms with Crippen molar-refractivity contribution < 1.29 is 52.8 Å². The molecule has 8 rings (SSSR count). The van der Waals surface area contributed by atoms with E-state index >= 15 is 0 Å². The number of nitrogens with one attached hydrogen (secondary N) is 3. The number of pyridine rings is 2. The number of rotatable bonds is 13. The van der Waals surface area contributed by atoms with Gasteiger partial charge in [0.15, 0.2) is 11.6 Å². The summed E-state index contributed by atoms with van der Waals surface area (Å²) in [6.45, 7) is 20.9. The standard InChI is InChI=1S/C32H37N7O5.C21H28N2O6.C11H11N5/c1-31(2,3)43-29(41)34-24(18-20-19-39(30(42)44-32(4,5)6)25-15-11-10-14-22(20)25)28(40)36-26-17-16-23(27(33)35-26)38-37-21-12-8-7-9-13-21;1-20(2,3)28-18(26)22-15(17(24)25)11-13-12-23(19(27)29-21(4,5)6)16-10-8-7-9-14(13)16;12-10-7-6-9(11(13)14-10)16-15-8-4-2-1-3-5-8/h7-17,19,24H,18H2,1-6H3,(H,34,41)(H3,33,35,36,40);7-10,12,15H,11H2,1-6H3,(H,22,26)(H,24,25);1-7H,(H4,12,13,14)/t24-;15-;/m00./s1. The molecule has 0 saturated heterocycles. The second-order valence-electron chi connectivity index (χ2n) is 24.0. The van der Waals surface area contributed by atoms with Crippen LogP contribution in [0.15, 0.2) is 166 Å². The zero-order valence-corrected chi connectivity index (χ0v) is 51.8. The van der Waals surface area contributed by atoms with Gasteiger partial charge in [0.2, 0.25) is 5.91 Å². The van der Waals surface area contributed by atoms with E-state index in [0.29, 0.717) is 50.4 Å². The lowest BCUT2D eigenvalue weighted by Gasteiger charge is -2.23. The van der Waals surface area contributed by atoms with Crippen LogP contribution in [0.2, 0.25) is 0 Å². The van der Waals surface area contributed by atoms with Gasteiger partial charge < -0.3 is 57.2 Å². The Bertz CT molecular complexity index is 3860. The topological polar surface area (TPSA) is 359 Å². The summed E-state index contributed by atoms with van der Waals surface area (Å²) in [5.41, 5.74) is 18.9. The SMILES string of the molecule is CC(C)(C)OC(=O)N[C@@H](Cc1cn(C(=O)OC(C)(C)C)c2ccccc12)C(=O)Nc1ccc(N=Nc2ccccc2)c(N)n1.CC(C)(C)OC(=O)N[C@@H](Cc1cn(C(=O)OC(C)(C)C)c2ccccc12)C(=O)O.Nc1ccc(N=Nc2ccccc2)c(N)n1. The van der Waals surface area contributed by atoms with Gasteiger partial charge in [-0.25, -0.2) is 33.9 Å². The van der Waals surface area contributed by atoms with Gasteiger partial charge in [0, 0.05) is 36.0 Å². The van der Waals surface area contributed by atoms with Gasteiger partial charge in [-0.3, -0.25) is 13.9 Å². The number of nitrogens with zero attached hydrogens (tertiary/aromatic N) is 8. The lowest BCUT2D eigenvalue weighted by Crippen LogP contribution is -2.47. The molecule has 10 N–H and O–H groups in total. The number of anilines is 4. The number of fused-ring (bicyclic) bond motifs is 2. The third-order valence-electron chi connectivity index (χ3n) is 11.8. The van der Waals surface area contributed by atoms with Crippen LogP contribution in [-0.4, -0.2) is 94.9 Å². The highest BCUT2D eigenvalue weighted by Crippen LogP contribution is 2.29. The molecule has 0 aliphatic rings. The third kappa shape index (κ3) is 21.3. The van der Waals surface area contributed by atoms with Gasteiger partial charge in [-0.05, 0) is 155 Å². The largest absolute Gasteiger partial charge is 0.480 e. The lowest BCUT2D eigenvalue weighted by molar-refractivity contribution is -0.139. The highest BCUT2D eigenvalue weighted by atomic mass is 16.6. The molecule has 0 aliphatic heterocycles. The average Bonchev–Trinajstić information content (AvgIpc) is 2.51. The Balaban J connectivity index is 0.000000239. The van der Waals surface area contributed by atoms with Crippen molar-refractivity contribution in [1.82, 2.24) is 29.7 Å². The Hall–Kier alpha value is -10.7. The maximum absolute atomic E-state index is 13.6. The molecule has 0 unspecified atom stereocenters. The van der Waals surface area contributed by atoms with Crippen molar-refractivity contribution in [3.63, 3.8) is 0 Å². The summed E-state index contributed by atoms with van der Waals surface area (Å²) in [6, 6.07) is 37.0. The number of benzene rings is 4. The van der Waals surface area contributed by atoms with Crippen LogP contribution in [0, 0.1) is 0 Å². The minimum atomic E-state index is -1.22. The highest BCUT2D eigenvalue weighted by Gasteiger charge is 2.30. The molecule has 0 saturated carbocycles. The fourth-order valence-electron chi connectivity index (χ4n) is 8.11. The highest BCUT2D eigenvalue weighted by molar-refractivity contribution is 5.98. The van der Waals surface area contributed by atoms with Gasteiger partial charge in [-0.15, -0.1) is 10.2 Å². The number of aliphatic carboxylic acids is 1. The maximum Gasteiger partial charge on any atom is 0.419 e. The summed E-state index contributed by atoms with van der Waals surface area (Å²) < 4.78 is 24.3. The number of carbonyl (C=O) groups excluding carboxylic acids is 5. The number of alkyl carbamates (subject to hydrolysis) is 2.